The fourth-order valence-corrected chi connectivity index (χ4v) is 0.679. The molecular formula is C7H10N2. The first-order valence-corrected chi connectivity index (χ1v) is 2.83. The second-order valence-corrected chi connectivity index (χ2v) is 1.87. The summed E-state index contributed by atoms with van der Waals surface area (Å²) in [5.74, 6) is 0. The summed E-state index contributed by atoms with van der Waals surface area (Å²) in [4.78, 5) is 1.99. The molecule has 0 fully saturated rings. The van der Waals surface area contributed by atoms with Gasteiger partial charge in [-0.1, -0.05) is 6.58 Å². The molecule has 0 saturated heterocycles. The molecule has 1 rings (SSSR count). The number of rotatable bonds is 1. The van der Waals surface area contributed by atoms with Gasteiger partial charge in [0.05, 0.1) is 5.70 Å². The van der Waals surface area contributed by atoms with Gasteiger partial charge in [0.25, 0.3) is 0 Å². The summed E-state index contributed by atoms with van der Waals surface area (Å²) < 4.78 is 0. The lowest BCUT2D eigenvalue weighted by molar-refractivity contribution is 0.569. The van der Waals surface area contributed by atoms with Crippen molar-refractivity contribution in [3.63, 3.8) is 0 Å². The minimum absolute atomic E-state index is 1.08. The number of nitrogens with zero attached hydrogens (tertiary/aromatic N) is 1. The highest BCUT2D eigenvalue weighted by molar-refractivity contribution is 5.19. The van der Waals surface area contributed by atoms with Crippen molar-refractivity contribution in [2.24, 2.45) is 0 Å². The SMILES string of the molecule is C=CC1=CNC=CN1C. The van der Waals surface area contributed by atoms with Crippen LogP contribution >= 0.6 is 0 Å². The first-order chi connectivity index (χ1) is 4.34. The van der Waals surface area contributed by atoms with Gasteiger partial charge in [0.1, 0.15) is 0 Å². The molecule has 9 heavy (non-hydrogen) atoms. The molecule has 2 nitrogen and oxygen atoms in total. The highest BCUT2D eigenvalue weighted by Gasteiger charge is 1.97. The maximum atomic E-state index is 3.65. The van der Waals surface area contributed by atoms with Crippen LogP contribution in [0.2, 0.25) is 0 Å². The third kappa shape index (κ3) is 1.13. The molecule has 1 aliphatic heterocycles. The second kappa shape index (κ2) is 2.40. The normalized spacial score (nSPS) is 16.6. The number of hydrogen-bond acceptors (Lipinski definition) is 2. The molecule has 0 radical (unpaired) electrons. The Morgan fingerprint density at radius 2 is 2.56 bits per heavy atom. The predicted molar refractivity (Wildman–Crippen MR) is 38.3 cm³/mol. The van der Waals surface area contributed by atoms with Crippen molar-refractivity contribution in [1.29, 1.82) is 0 Å². The summed E-state index contributed by atoms with van der Waals surface area (Å²) in [7, 11) is 1.98. The predicted octanol–water partition coefficient (Wildman–Crippen LogP) is 1.02. The Morgan fingerprint density at radius 1 is 1.78 bits per heavy atom. The maximum absolute atomic E-state index is 3.65. The van der Waals surface area contributed by atoms with E-state index in [0.29, 0.717) is 0 Å². The van der Waals surface area contributed by atoms with Crippen LogP contribution in [0.15, 0.2) is 37.0 Å². The van der Waals surface area contributed by atoms with Crippen molar-refractivity contribution in [3.8, 4) is 0 Å². The Labute approximate surface area is 55.2 Å². The topological polar surface area (TPSA) is 15.3 Å². The molecule has 48 valence electrons. The molecule has 0 saturated carbocycles. The van der Waals surface area contributed by atoms with E-state index in [9.17, 15) is 0 Å². The van der Waals surface area contributed by atoms with E-state index in [4.69, 9.17) is 0 Å². The van der Waals surface area contributed by atoms with Crippen molar-refractivity contribution < 1.29 is 0 Å². The van der Waals surface area contributed by atoms with Crippen molar-refractivity contribution in [2.45, 2.75) is 0 Å². The summed E-state index contributed by atoms with van der Waals surface area (Å²) >= 11 is 0. The lowest BCUT2D eigenvalue weighted by Gasteiger charge is -2.18. The van der Waals surface area contributed by atoms with Crippen LogP contribution in [0.25, 0.3) is 0 Å². The zero-order chi connectivity index (χ0) is 6.69. The Kier molecular flexibility index (Phi) is 1.58. The molecule has 1 N–H and O–H groups in total. The molecule has 0 aromatic heterocycles. The van der Waals surface area contributed by atoms with Gasteiger partial charge in [0.2, 0.25) is 0 Å². The lowest BCUT2D eigenvalue weighted by atomic mass is 10.4. The maximum Gasteiger partial charge on any atom is 0.0560 e. The number of likely N-dealkylation sites (N-methyl/N-ethyl adjacent to an activating group) is 1. The summed E-state index contributed by atoms with van der Waals surface area (Å²) in [6, 6.07) is 0. The zero-order valence-electron chi connectivity index (χ0n) is 5.46. The van der Waals surface area contributed by atoms with Gasteiger partial charge >= 0.3 is 0 Å². The average Bonchev–Trinajstić information content (AvgIpc) is 1.89. The van der Waals surface area contributed by atoms with Crippen LogP contribution in [-0.4, -0.2) is 11.9 Å². The Hall–Kier alpha value is -1.18. The molecule has 0 spiro atoms. The van der Waals surface area contributed by atoms with Gasteiger partial charge in [-0.05, 0) is 6.08 Å². The third-order valence-corrected chi connectivity index (χ3v) is 1.24. The van der Waals surface area contributed by atoms with E-state index in [-0.39, 0.29) is 0 Å². The lowest BCUT2D eigenvalue weighted by Crippen LogP contribution is -2.16. The van der Waals surface area contributed by atoms with Gasteiger partial charge in [0.15, 0.2) is 0 Å². The highest BCUT2D eigenvalue weighted by Crippen LogP contribution is 2.03. The van der Waals surface area contributed by atoms with E-state index in [1.807, 2.05) is 30.5 Å². The first kappa shape index (κ1) is 5.95. The number of allylic oxidation sites excluding steroid dienone is 1. The Balaban J connectivity index is 2.70. The van der Waals surface area contributed by atoms with Gasteiger partial charge in [-0.25, -0.2) is 0 Å². The number of nitrogens with one attached hydrogen (secondary N) is 1. The largest absolute Gasteiger partial charge is 0.365 e. The van der Waals surface area contributed by atoms with Crippen molar-refractivity contribution in [1.82, 2.24) is 10.2 Å². The molecular weight excluding hydrogens is 112 g/mol. The van der Waals surface area contributed by atoms with Crippen LogP contribution in [0.3, 0.4) is 0 Å². The quantitative estimate of drug-likeness (QED) is 0.558. The summed E-state index contributed by atoms with van der Waals surface area (Å²) in [5.41, 5.74) is 1.08. The van der Waals surface area contributed by atoms with Gasteiger partial charge in [-0.2, -0.15) is 0 Å². The fourth-order valence-electron chi connectivity index (χ4n) is 0.679. The molecule has 0 atom stereocenters. The molecule has 0 aliphatic carbocycles. The molecule has 0 amide bonds. The van der Waals surface area contributed by atoms with Crippen LogP contribution < -0.4 is 5.32 Å². The van der Waals surface area contributed by atoms with Crippen molar-refractivity contribution in [2.75, 3.05) is 7.05 Å². The van der Waals surface area contributed by atoms with Gasteiger partial charge in [0, 0.05) is 25.6 Å². The second-order valence-electron chi connectivity index (χ2n) is 1.87. The zero-order valence-corrected chi connectivity index (χ0v) is 5.46. The van der Waals surface area contributed by atoms with Gasteiger partial charge in [-0.3, -0.25) is 0 Å². The Bertz CT molecular complexity index is 168. The van der Waals surface area contributed by atoms with Crippen LogP contribution in [0.1, 0.15) is 0 Å². The smallest absolute Gasteiger partial charge is 0.0560 e. The van der Waals surface area contributed by atoms with E-state index in [2.05, 4.69) is 11.9 Å². The molecule has 0 aromatic carbocycles. The minimum atomic E-state index is 1.08. The fraction of sp³-hybridized carbons (Fsp3) is 0.143. The van der Waals surface area contributed by atoms with Crippen LogP contribution in [0.5, 0.6) is 0 Å². The minimum Gasteiger partial charge on any atom is -0.365 e. The molecule has 2 heteroatoms. The third-order valence-electron chi connectivity index (χ3n) is 1.24. The molecule has 1 aliphatic rings. The monoisotopic (exact) mass is 122 g/mol. The first-order valence-electron chi connectivity index (χ1n) is 2.83. The standard InChI is InChI=1S/C7H10N2/c1-3-7-6-8-4-5-9(7)2/h3-6,8H,1H2,2H3. The van der Waals surface area contributed by atoms with E-state index < -0.39 is 0 Å². The van der Waals surface area contributed by atoms with Crippen LogP contribution in [-0.2, 0) is 0 Å². The Morgan fingerprint density at radius 3 is 3.00 bits per heavy atom. The number of hydrogen-bond donors (Lipinski definition) is 1. The molecule has 1 heterocycles. The van der Waals surface area contributed by atoms with E-state index >= 15 is 0 Å². The summed E-state index contributed by atoms with van der Waals surface area (Å²) in [6.45, 7) is 3.65. The van der Waals surface area contributed by atoms with E-state index in [1.54, 1.807) is 6.08 Å². The summed E-state index contributed by atoms with van der Waals surface area (Å²) in [6.07, 6.45) is 7.51. The molecule has 0 bridgehead atoms. The van der Waals surface area contributed by atoms with E-state index in [0.717, 1.165) is 5.70 Å². The van der Waals surface area contributed by atoms with Crippen LogP contribution in [0.4, 0.5) is 0 Å². The van der Waals surface area contributed by atoms with Gasteiger partial charge in [-0.15, -0.1) is 0 Å². The average molecular weight is 122 g/mol. The van der Waals surface area contributed by atoms with Gasteiger partial charge < -0.3 is 10.2 Å². The van der Waals surface area contributed by atoms with E-state index in [1.165, 1.54) is 0 Å². The van der Waals surface area contributed by atoms with Crippen molar-refractivity contribution in [3.05, 3.63) is 37.0 Å². The highest BCUT2D eigenvalue weighted by atomic mass is 15.1. The summed E-state index contributed by atoms with van der Waals surface area (Å²) in [5, 5.41) is 2.96. The molecule has 0 aromatic rings. The van der Waals surface area contributed by atoms with Crippen LogP contribution in [0, 0.1) is 0 Å². The van der Waals surface area contributed by atoms with Crippen molar-refractivity contribution >= 4 is 0 Å². The molecule has 0 unspecified atom stereocenters.